The first-order chi connectivity index (χ1) is 12.1. The number of carbonyl (C=O) groups excluding carboxylic acids is 2. The van der Waals surface area contributed by atoms with Gasteiger partial charge in [0.05, 0.1) is 30.3 Å². The van der Waals surface area contributed by atoms with Gasteiger partial charge in [-0.1, -0.05) is 6.07 Å². The van der Waals surface area contributed by atoms with Crippen molar-refractivity contribution in [3.05, 3.63) is 53.1 Å². The fourth-order valence-corrected chi connectivity index (χ4v) is 3.87. The van der Waals surface area contributed by atoms with Crippen LogP contribution >= 0.6 is 0 Å². The monoisotopic (exact) mass is 338 g/mol. The number of aryl methyl sites for hydroxylation is 3. The zero-order chi connectivity index (χ0) is 17.4. The lowest BCUT2D eigenvalue weighted by molar-refractivity contribution is -0.123. The molecule has 2 aromatic rings. The summed E-state index contributed by atoms with van der Waals surface area (Å²) in [7, 11) is 1.89. The number of aromatic nitrogens is 2. The lowest BCUT2D eigenvalue weighted by Crippen LogP contribution is -2.50. The number of hydrogen-bond donors (Lipinski definition) is 2. The molecule has 0 bridgehead atoms. The van der Waals surface area contributed by atoms with E-state index in [1.807, 2.05) is 23.7 Å². The van der Waals surface area contributed by atoms with Crippen molar-refractivity contribution in [1.82, 2.24) is 20.2 Å². The van der Waals surface area contributed by atoms with Crippen molar-refractivity contribution in [3.8, 4) is 0 Å². The van der Waals surface area contributed by atoms with Crippen LogP contribution in [0.4, 0.5) is 0 Å². The first-order valence-electron chi connectivity index (χ1n) is 8.80. The van der Waals surface area contributed by atoms with Crippen molar-refractivity contribution >= 4 is 11.8 Å². The van der Waals surface area contributed by atoms with Gasteiger partial charge in [-0.3, -0.25) is 9.59 Å². The number of benzene rings is 1. The van der Waals surface area contributed by atoms with Crippen LogP contribution in [0.15, 0.2) is 30.7 Å². The molecule has 1 aliphatic carbocycles. The van der Waals surface area contributed by atoms with Crippen LogP contribution in [0.2, 0.25) is 0 Å². The molecule has 0 radical (unpaired) electrons. The van der Waals surface area contributed by atoms with E-state index in [4.69, 9.17) is 0 Å². The van der Waals surface area contributed by atoms with Gasteiger partial charge < -0.3 is 15.2 Å². The van der Waals surface area contributed by atoms with Crippen LogP contribution < -0.4 is 10.6 Å². The smallest absolute Gasteiger partial charge is 0.251 e. The minimum Gasteiger partial charge on any atom is -0.347 e. The first kappa shape index (κ1) is 15.9. The van der Waals surface area contributed by atoms with Gasteiger partial charge in [0.1, 0.15) is 0 Å². The highest BCUT2D eigenvalue weighted by molar-refractivity contribution is 5.95. The molecule has 1 aromatic carbocycles. The topological polar surface area (TPSA) is 76.0 Å². The Hall–Kier alpha value is -2.63. The van der Waals surface area contributed by atoms with Crippen molar-refractivity contribution in [2.45, 2.75) is 44.2 Å². The molecule has 25 heavy (non-hydrogen) atoms. The van der Waals surface area contributed by atoms with E-state index in [-0.39, 0.29) is 23.9 Å². The van der Waals surface area contributed by atoms with Gasteiger partial charge in [-0.2, -0.15) is 0 Å². The molecule has 130 valence electrons. The van der Waals surface area contributed by atoms with Crippen LogP contribution in [0.25, 0.3) is 0 Å². The van der Waals surface area contributed by atoms with Crippen LogP contribution in [0, 0.1) is 0 Å². The maximum Gasteiger partial charge on any atom is 0.251 e. The largest absolute Gasteiger partial charge is 0.347 e. The predicted molar refractivity (Wildman–Crippen MR) is 93.0 cm³/mol. The van der Waals surface area contributed by atoms with Gasteiger partial charge in [-0.25, -0.2) is 4.98 Å². The van der Waals surface area contributed by atoms with E-state index in [1.54, 1.807) is 12.5 Å². The molecule has 0 spiro atoms. The second-order valence-electron chi connectivity index (χ2n) is 6.93. The minimum atomic E-state index is -0.257. The molecule has 1 aliphatic heterocycles. The standard InChI is InChI=1S/C19H22N4O2/c1-23-11-20-10-16(23)18-15(7-8-17(24)22-18)21-19(25)14-6-5-12-3-2-4-13(12)9-14/h5-6,9-11,15,18H,2-4,7-8H2,1H3,(H,21,25)(H,22,24)/t15-,18-/m1/s1. The highest BCUT2D eigenvalue weighted by Crippen LogP contribution is 2.25. The van der Waals surface area contributed by atoms with Gasteiger partial charge in [0.25, 0.3) is 5.91 Å². The van der Waals surface area contributed by atoms with Gasteiger partial charge in [0, 0.05) is 19.0 Å². The SMILES string of the molecule is Cn1cncc1[C@@H]1NC(=O)CC[C@H]1NC(=O)c1ccc2c(c1)CCC2. The number of nitrogens with one attached hydrogen (secondary N) is 2. The number of imidazole rings is 1. The van der Waals surface area contributed by atoms with Crippen molar-refractivity contribution in [2.24, 2.45) is 7.05 Å². The fourth-order valence-electron chi connectivity index (χ4n) is 3.87. The van der Waals surface area contributed by atoms with E-state index >= 15 is 0 Å². The maximum atomic E-state index is 12.7. The molecule has 1 saturated heterocycles. The summed E-state index contributed by atoms with van der Waals surface area (Å²) < 4.78 is 1.88. The molecule has 1 aromatic heterocycles. The summed E-state index contributed by atoms with van der Waals surface area (Å²) in [6.45, 7) is 0. The van der Waals surface area contributed by atoms with Crippen molar-refractivity contribution < 1.29 is 9.59 Å². The lowest BCUT2D eigenvalue weighted by atomic mass is 9.95. The number of carbonyl (C=O) groups is 2. The second kappa shape index (κ2) is 6.35. The molecule has 2 aliphatic rings. The zero-order valence-electron chi connectivity index (χ0n) is 14.3. The van der Waals surface area contributed by atoms with Crippen LogP contribution in [-0.2, 0) is 24.7 Å². The van der Waals surface area contributed by atoms with Gasteiger partial charge in [0.2, 0.25) is 5.91 Å². The Morgan fingerprint density at radius 1 is 1.28 bits per heavy atom. The Bertz CT molecular complexity index is 827. The molecule has 6 nitrogen and oxygen atoms in total. The third kappa shape index (κ3) is 3.04. The zero-order valence-corrected chi connectivity index (χ0v) is 14.3. The van der Waals surface area contributed by atoms with E-state index in [9.17, 15) is 9.59 Å². The Kier molecular flexibility index (Phi) is 4.03. The van der Waals surface area contributed by atoms with E-state index < -0.39 is 0 Å². The number of rotatable bonds is 3. The van der Waals surface area contributed by atoms with Gasteiger partial charge >= 0.3 is 0 Å². The Balaban J connectivity index is 1.54. The summed E-state index contributed by atoms with van der Waals surface area (Å²) in [5.74, 6) is -0.0720. The average molecular weight is 338 g/mol. The molecule has 2 heterocycles. The molecule has 2 atom stereocenters. The van der Waals surface area contributed by atoms with Gasteiger partial charge in [0.15, 0.2) is 0 Å². The van der Waals surface area contributed by atoms with E-state index in [2.05, 4.69) is 21.7 Å². The van der Waals surface area contributed by atoms with Crippen molar-refractivity contribution in [3.63, 3.8) is 0 Å². The molecular weight excluding hydrogens is 316 g/mol. The summed E-state index contributed by atoms with van der Waals surface area (Å²) in [6, 6.07) is 5.58. The van der Waals surface area contributed by atoms with E-state index in [0.29, 0.717) is 18.4 Å². The molecule has 0 unspecified atom stereocenters. The molecule has 6 heteroatoms. The Morgan fingerprint density at radius 3 is 2.92 bits per heavy atom. The van der Waals surface area contributed by atoms with E-state index in [0.717, 1.165) is 25.0 Å². The second-order valence-corrected chi connectivity index (χ2v) is 6.93. The molecule has 2 amide bonds. The van der Waals surface area contributed by atoms with Gasteiger partial charge in [-0.15, -0.1) is 0 Å². The lowest BCUT2D eigenvalue weighted by Gasteiger charge is -2.33. The Morgan fingerprint density at radius 2 is 2.12 bits per heavy atom. The van der Waals surface area contributed by atoms with Crippen LogP contribution in [-0.4, -0.2) is 27.4 Å². The van der Waals surface area contributed by atoms with Crippen molar-refractivity contribution in [1.29, 1.82) is 0 Å². The normalized spacial score (nSPS) is 22.4. The summed E-state index contributed by atoms with van der Waals surface area (Å²) in [4.78, 5) is 28.7. The third-order valence-corrected chi connectivity index (χ3v) is 5.25. The maximum absolute atomic E-state index is 12.7. The molecule has 2 N–H and O–H groups in total. The number of amides is 2. The highest BCUT2D eigenvalue weighted by Gasteiger charge is 2.33. The van der Waals surface area contributed by atoms with E-state index in [1.165, 1.54) is 11.1 Å². The Labute approximate surface area is 146 Å². The van der Waals surface area contributed by atoms with Crippen LogP contribution in [0.1, 0.15) is 52.5 Å². The van der Waals surface area contributed by atoms with Crippen LogP contribution in [0.5, 0.6) is 0 Å². The number of fused-ring (bicyclic) bond motifs is 1. The predicted octanol–water partition coefficient (Wildman–Crippen LogP) is 1.66. The highest BCUT2D eigenvalue weighted by atomic mass is 16.2. The number of piperidine rings is 1. The average Bonchev–Trinajstić information content (AvgIpc) is 3.24. The first-order valence-corrected chi connectivity index (χ1v) is 8.80. The summed E-state index contributed by atoms with van der Waals surface area (Å²) in [6.07, 6.45) is 7.81. The summed E-state index contributed by atoms with van der Waals surface area (Å²) >= 11 is 0. The van der Waals surface area contributed by atoms with Crippen molar-refractivity contribution in [2.75, 3.05) is 0 Å². The molecule has 0 saturated carbocycles. The number of hydrogen-bond acceptors (Lipinski definition) is 3. The third-order valence-electron chi connectivity index (χ3n) is 5.25. The molecular formula is C19H22N4O2. The quantitative estimate of drug-likeness (QED) is 0.894. The molecule has 4 rings (SSSR count). The fraction of sp³-hybridized carbons (Fsp3) is 0.421. The minimum absolute atomic E-state index is 0.00855. The van der Waals surface area contributed by atoms with Gasteiger partial charge in [-0.05, 0) is 48.9 Å². The summed E-state index contributed by atoms with van der Waals surface area (Å²) in [5, 5.41) is 6.11. The number of nitrogens with zero attached hydrogens (tertiary/aromatic N) is 2. The van der Waals surface area contributed by atoms with Crippen LogP contribution in [0.3, 0.4) is 0 Å². The summed E-state index contributed by atoms with van der Waals surface area (Å²) in [5.41, 5.74) is 4.23. The molecule has 1 fully saturated rings.